The molecule has 4 nitrogen and oxygen atoms in total. The third kappa shape index (κ3) is 2.95. The maximum atomic E-state index is 14.3. The maximum absolute atomic E-state index is 14.3. The van der Waals surface area contributed by atoms with Gasteiger partial charge in [0.15, 0.2) is 6.29 Å². The Labute approximate surface area is 177 Å². The van der Waals surface area contributed by atoms with E-state index in [-0.39, 0.29) is 18.5 Å². The highest BCUT2D eigenvalue weighted by molar-refractivity contribution is 5.64. The lowest BCUT2D eigenvalue weighted by Gasteiger charge is -2.60. The second-order valence-electron chi connectivity index (χ2n) is 8.64. The molecule has 5 aliphatic rings. The van der Waals surface area contributed by atoms with E-state index < -0.39 is 29.5 Å². The zero-order valence-electron chi connectivity index (χ0n) is 17.4. The molecule has 4 unspecified atom stereocenters. The second-order valence-corrected chi connectivity index (χ2v) is 8.64. The smallest absolute Gasteiger partial charge is 0.417 e. The van der Waals surface area contributed by atoms with Crippen LogP contribution in [-0.2, 0) is 14.2 Å². The van der Waals surface area contributed by atoms with Crippen LogP contribution in [0.25, 0.3) is 0 Å². The summed E-state index contributed by atoms with van der Waals surface area (Å²) < 4.78 is 72.4. The lowest BCUT2D eigenvalue weighted by atomic mass is 9.56. The molecular formula is C23H23F4NO3. The zero-order valence-corrected chi connectivity index (χ0v) is 17.4. The Morgan fingerprint density at radius 1 is 1.26 bits per heavy atom. The number of nitrogens with zero attached hydrogens (tertiary/aromatic N) is 1. The summed E-state index contributed by atoms with van der Waals surface area (Å²) in [5, 5.41) is 0. The number of ether oxygens (including phenoxy) is 3. The molecule has 0 fully saturated rings. The van der Waals surface area contributed by atoms with E-state index in [1.165, 1.54) is 18.2 Å². The van der Waals surface area contributed by atoms with Crippen molar-refractivity contribution >= 4 is 0 Å². The molecule has 5 rings (SSSR count). The molecule has 0 bridgehead atoms. The number of alkyl halides is 3. The first-order valence-corrected chi connectivity index (χ1v) is 10.3. The molecule has 8 heteroatoms. The Balaban J connectivity index is 1.67. The van der Waals surface area contributed by atoms with Crippen molar-refractivity contribution in [1.29, 1.82) is 0 Å². The fraction of sp³-hybridized carbons (Fsp3) is 0.478. The van der Waals surface area contributed by atoms with Gasteiger partial charge in [-0.15, -0.1) is 0 Å². The number of hydrogen-bond donors (Lipinski definition) is 0. The van der Waals surface area contributed by atoms with Gasteiger partial charge in [-0.3, -0.25) is 0 Å². The quantitative estimate of drug-likeness (QED) is 0.528. The van der Waals surface area contributed by atoms with Crippen LogP contribution in [0.15, 0.2) is 70.1 Å². The van der Waals surface area contributed by atoms with Crippen LogP contribution in [0, 0.1) is 5.41 Å². The molecule has 0 amide bonds. The van der Waals surface area contributed by atoms with Crippen LogP contribution >= 0.6 is 0 Å². The van der Waals surface area contributed by atoms with Crippen LogP contribution in [0.3, 0.4) is 0 Å². The number of rotatable bonds is 1. The van der Waals surface area contributed by atoms with E-state index in [9.17, 15) is 17.6 Å². The molecule has 0 spiro atoms. The van der Waals surface area contributed by atoms with Crippen LogP contribution in [-0.4, -0.2) is 43.2 Å². The summed E-state index contributed by atoms with van der Waals surface area (Å²) in [5.74, 6) is 0.316. The van der Waals surface area contributed by atoms with Crippen LogP contribution in [0.5, 0.6) is 0 Å². The third-order valence-corrected chi connectivity index (χ3v) is 6.73. The first-order valence-electron chi connectivity index (χ1n) is 10.3. The summed E-state index contributed by atoms with van der Waals surface area (Å²) in [4.78, 5) is 1.66. The van der Waals surface area contributed by atoms with E-state index in [0.717, 1.165) is 29.0 Å². The summed E-state index contributed by atoms with van der Waals surface area (Å²) in [6, 6.07) is -0.469. The highest BCUT2D eigenvalue weighted by atomic mass is 19.4. The highest BCUT2D eigenvalue weighted by Crippen LogP contribution is 2.62. The predicted molar refractivity (Wildman–Crippen MR) is 105 cm³/mol. The van der Waals surface area contributed by atoms with Gasteiger partial charge in [0.25, 0.3) is 0 Å². The molecule has 3 heterocycles. The second kappa shape index (κ2) is 6.84. The van der Waals surface area contributed by atoms with Crippen molar-refractivity contribution in [2.45, 2.75) is 51.3 Å². The van der Waals surface area contributed by atoms with Gasteiger partial charge in [-0.1, -0.05) is 0 Å². The summed E-state index contributed by atoms with van der Waals surface area (Å²) >= 11 is 0. The van der Waals surface area contributed by atoms with Crippen molar-refractivity contribution in [1.82, 2.24) is 4.90 Å². The van der Waals surface area contributed by atoms with Crippen molar-refractivity contribution < 1.29 is 31.8 Å². The molecule has 0 saturated heterocycles. The molecule has 31 heavy (non-hydrogen) atoms. The lowest BCUT2D eigenvalue weighted by Crippen LogP contribution is -2.60. The Hall–Kier alpha value is -2.32. The molecule has 3 aliphatic heterocycles. The first-order chi connectivity index (χ1) is 14.6. The molecule has 0 saturated carbocycles. The minimum absolute atomic E-state index is 0.171. The number of methoxy groups -OCH3 is 1. The van der Waals surface area contributed by atoms with E-state index in [1.54, 1.807) is 12.0 Å². The van der Waals surface area contributed by atoms with Gasteiger partial charge >= 0.3 is 6.18 Å². The van der Waals surface area contributed by atoms with Crippen LogP contribution < -0.4 is 0 Å². The molecule has 0 radical (unpaired) electrons. The first kappa shape index (κ1) is 20.6. The number of allylic oxidation sites excluding steroid dienone is 7. The minimum Gasteiger partial charge on any atom is -0.494 e. The standard InChI is InChI=1S/C23H23F4NO3/c1-12-8-19(29-3)30-11-16-20-22(2,21(16)31-12)17-9-14(24)5-6-15(17)18-7-4-13(10-28(18)20)23(25,26)27/h4-5,7,9-10,12,19-20H,6,8,11H2,1-3H3. The van der Waals surface area contributed by atoms with Crippen LogP contribution in [0.1, 0.15) is 26.7 Å². The molecule has 4 atom stereocenters. The van der Waals surface area contributed by atoms with Crippen molar-refractivity contribution in [3.63, 3.8) is 0 Å². The highest BCUT2D eigenvalue weighted by Gasteiger charge is 2.61. The lowest BCUT2D eigenvalue weighted by molar-refractivity contribution is -0.154. The predicted octanol–water partition coefficient (Wildman–Crippen LogP) is 5.20. The molecule has 2 aliphatic carbocycles. The van der Waals surface area contributed by atoms with Gasteiger partial charge in [-0.05, 0) is 55.7 Å². The third-order valence-electron chi connectivity index (χ3n) is 6.73. The van der Waals surface area contributed by atoms with Gasteiger partial charge in [0.05, 0.1) is 23.6 Å². The van der Waals surface area contributed by atoms with Gasteiger partial charge in [0.1, 0.15) is 17.7 Å². The topological polar surface area (TPSA) is 30.9 Å². The number of fused-ring (bicyclic) bond motifs is 7. The average molecular weight is 437 g/mol. The van der Waals surface area contributed by atoms with Gasteiger partial charge in [-0.2, -0.15) is 13.2 Å². The van der Waals surface area contributed by atoms with E-state index >= 15 is 0 Å². The average Bonchev–Trinajstić information content (AvgIpc) is 2.71. The monoisotopic (exact) mass is 437 g/mol. The Morgan fingerprint density at radius 2 is 2.03 bits per heavy atom. The van der Waals surface area contributed by atoms with E-state index in [1.807, 2.05) is 13.8 Å². The van der Waals surface area contributed by atoms with Crippen molar-refractivity contribution in [2.75, 3.05) is 13.7 Å². The van der Waals surface area contributed by atoms with Crippen molar-refractivity contribution in [3.05, 3.63) is 70.1 Å². The van der Waals surface area contributed by atoms with Gasteiger partial charge in [-0.25, -0.2) is 4.39 Å². The van der Waals surface area contributed by atoms with Crippen LogP contribution in [0.4, 0.5) is 17.6 Å². The molecule has 0 aromatic rings. The van der Waals surface area contributed by atoms with E-state index in [4.69, 9.17) is 14.2 Å². The Bertz CT molecular complexity index is 1020. The summed E-state index contributed by atoms with van der Waals surface area (Å²) in [7, 11) is 1.54. The molecule has 166 valence electrons. The van der Waals surface area contributed by atoms with Crippen molar-refractivity contribution in [3.8, 4) is 0 Å². The van der Waals surface area contributed by atoms with Gasteiger partial charge < -0.3 is 19.1 Å². The summed E-state index contributed by atoms with van der Waals surface area (Å²) in [6.45, 7) is 3.98. The van der Waals surface area contributed by atoms with Gasteiger partial charge in [0.2, 0.25) is 0 Å². The normalized spacial score (nSPS) is 34.7. The van der Waals surface area contributed by atoms with Crippen molar-refractivity contribution in [2.24, 2.45) is 5.41 Å². The van der Waals surface area contributed by atoms with E-state index in [0.29, 0.717) is 24.3 Å². The maximum Gasteiger partial charge on any atom is 0.417 e. The zero-order chi connectivity index (χ0) is 22.1. The molecule has 0 aromatic carbocycles. The Kier molecular flexibility index (Phi) is 4.54. The Morgan fingerprint density at radius 3 is 2.74 bits per heavy atom. The molecule has 0 aromatic heterocycles. The molecule has 0 N–H and O–H groups in total. The fourth-order valence-corrected chi connectivity index (χ4v) is 5.30. The van der Waals surface area contributed by atoms with Gasteiger partial charge in [0, 0.05) is 31.0 Å². The largest absolute Gasteiger partial charge is 0.494 e. The summed E-state index contributed by atoms with van der Waals surface area (Å²) in [6.07, 6.45) is 2.30. The fourth-order valence-electron chi connectivity index (χ4n) is 5.30. The molecular weight excluding hydrogens is 414 g/mol. The minimum atomic E-state index is -4.47. The number of hydrogen-bond acceptors (Lipinski definition) is 4. The SMILES string of the molecule is COC1CC(C)OC2=C(CO1)C1N3C=C(C(F)(F)F)C=CC3=C3CC=C(F)C=C3C21C. The van der Waals surface area contributed by atoms with Crippen LogP contribution in [0.2, 0.25) is 0 Å². The summed E-state index contributed by atoms with van der Waals surface area (Å²) in [5.41, 5.74) is 1.47. The van der Waals surface area contributed by atoms with E-state index in [2.05, 4.69) is 0 Å². The number of halogens is 4.